The summed E-state index contributed by atoms with van der Waals surface area (Å²) in [6.07, 6.45) is 34.9. The molecule has 0 radical (unpaired) electrons. The first-order valence-electron chi connectivity index (χ1n) is 26.4. The Bertz CT molecular complexity index is 2250. The van der Waals surface area contributed by atoms with E-state index in [0.717, 1.165) is 56.0 Å². The quantitative estimate of drug-likeness (QED) is 0.0675. The fourth-order valence-corrected chi connectivity index (χ4v) is 10.8. The van der Waals surface area contributed by atoms with Gasteiger partial charge in [0.2, 0.25) is 0 Å². The zero-order valence-electron chi connectivity index (χ0n) is 43.0. The highest BCUT2D eigenvalue weighted by atomic mass is 32.2. The Morgan fingerprint density at radius 2 is 0.838 bits per heavy atom. The number of unbranched alkanes of at least 4 members (excludes halogenated alkanes) is 12. The van der Waals surface area contributed by atoms with Crippen molar-refractivity contribution in [3.63, 3.8) is 0 Å². The summed E-state index contributed by atoms with van der Waals surface area (Å²) in [6, 6.07) is 20.4. The third kappa shape index (κ3) is 16.1. The third-order valence-electron chi connectivity index (χ3n) is 13.3. The van der Waals surface area contributed by atoms with E-state index in [-0.39, 0.29) is 12.2 Å². The van der Waals surface area contributed by atoms with Crippen molar-refractivity contribution < 1.29 is 18.9 Å². The zero-order valence-corrected chi connectivity index (χ0v) is 44.6. The van der Waals surface area contributed by atoms with Gasteiger partial charge in [-0.1, -0.05) is 177 Å². The standard InChI is InChI=1S/C62H82O4S2/c1-9-13-17-21-33-63-55-31-29-51(39-57(55)65-35-23-19-15-11-3)61-43-54(44-62(68-61)52-30-32-56(64-34-22-18-14-10-2)58(40-52)66-36-24-20-16-12-4)53-41-59(49-27-25-45(5)47(7)37-49)67-60(42-53)50-28-26-46(6)48(8)38-50/h25-32,37-44,55,57H,9-24,33-36H2,1-8H3. The lowest BCUT2D eigenvalue weighted by Crippen LogP contribution is -2.31. The first-order chi connectivity index (χ1) is 33.2. The molecule has 1 aliphatic carbocycles. The number of benzene rings is 3. The van der Waals surface area contributed by atoms with Crippen molar-refractivity contribution in [2.75, 3.05) is 26.4 Å². The number of allylic oxidation sites excluding steroid dienone is 8. The van der Waals surface area contributed by atoms with Crippen LogP contribution in [-0.2, 0) is 9.47 Å². The molecule has 366 valence electrons. The van der Waals surface area contributed by atoms with E-state index in [0.29, 0.717) is 13.2 Å². The number of hydrogen-bond acceptors (Lipinski definition) is 6. The normalized spacial score (nSPS) is 17.1. The van der Waals surface area contributed by atoms with Crippen LogP contribution in [0.3, 0.4) is 0 Å². The average molecular weight is 955 g/mol. The molecule has 0 aromatic heterocycles. The van der Waals surface area contributed by atoms with Crippen molar-refractivity contribution in [3.8, 4) is 11.5 Å². The molecule has 0 saturated carbocycles. The summed E-state index contributed by atoms with van der Waals surface area (Å²) in [5, 5.41) is 0. The topological polar surface area (TPSA) is 36.9 Å². The smallest absolute Gasteiger partial charge is 0.161 e. The largest absolute Gasteiger partial charge is 0.490 e. The predicted octanol–water partition coefficient (Wildman–Crippen LogP) is 18.4. The minimum absolute atomic E-state index is 0.109. The van der Waals surface area contributed by atoms with E-state index in [4.69, 9.17) is 18.9 Å². The van der Waals surface area contributed by atoms with Crippen LogP contribution in [0.1, 0.15) is 169 Å². The second-order valence-corrected chi connectivity index (χ2v) is 21.2. The fraction of sp³-hybridized carbons (Fsp3) is 0.484. The summed E-state index contributed by atoms with van der Waals surface area (Å²) in [6.45, 7) is 20.7. The molecular formula is C62H82O4S2. The molecule has 2 heterocycles. The summed E-state index contributed by atoms with van der Waals surface area (Å²) < 4.78 is 26.4. The first kappa shape index (κ1) is 53.4. The maximum absolute atomic E-state index is 6.73. The number of rotatable bonds is 28. The minimum Gasteiger partial charge on any atom is -0.490 e. The van der Waals surface area contributed by atoms with Crippen LogP contribution in [0.2, 0.25) is 0 Å². The van der Waals surface area contributed by atoms with E-state index < -0.39 is 0 Å². The van der Waals surface area contributed by atoms with Gasteiger partial charge >= 0.3 is 0 Å². The Hall–Kier alpha value is -3.94. The lowest BCUT2D eigenvalue weighted by molar-refractivity contribution is -0.0322. The molecule has 0 bridgehead atoms. The summed E-state index contributed by atoms with van der Waals surface area (Å²) in [5.74, 6) is 1.66. The van der Waals surface area contributed by atoms with E-state index in [1.165, 1.54) is 147 Å². The van der Waals surface area contributed by atoms with E-state index in [1.807, 2.05) is 23.5 Å². The molecule has 0 spiro atoms. The second kappa shape index (κ2) is 28.7. The van der Waals surface area contributed by atoms with Crippen molar-refractivity contribution in [2.24, 2.45) is 0 Å². The monoisotopic (exact) mass is 955 g/mol. The molecule has 0 fully saturated rings. The minimum atomic E-state index is -0.158. The van der Waals surface area contributed by atoms with Crippen LogP contribution in [0.4, 0.5) is 0 Å². The summed E-state index contributed by atoms with van der Waals surface area (Å²) >= 11 is 3.70. The highest BCUT2D eigenvalue weighted by Gasteiger charge is 2.27. The van der Waals surface area contributed by atoms with Gasteiger partial charge < -0.3 is 18.9 Å². The van der Waals surface area contributed by atoms with Crippen LogP contribution in [-0.4, -0.2) is 38.6 Å². The molecule has 2 atom stereocenters. The van der Waals surface area contributed by atoms with Gasteiger partial charge in [0.15, 0.2) is 11.5 Å². The van der Waals surface area contributed by atoms with Crippen molar-refractivity contribution >= 4 is 38.2 Å². The molecule has 2 aliphatic heterocycles. The molecular weight excluding hydrogens is 873 g/mol. The average Bonchev–Trinajstić information content (AvgIpc) is 3.35. The molecule has 0 amide bonds. The summed E-state index contributed by atoms with van der Waals surface area (Å²) in [5.41, 5.74) is 12.4. The summed E-state index contributed by atoms with van der Waals surface area (Å²) in [4.78, 5) is 4.87. The van der Waals surface area contributed by atoms with Crippen molar-refractivity contribution in [2.45, 2.75) is 170 Å². The Labute approximate surface area is 420 Å². The van der Waals surface area contributed by atoms with Crippen LogP contribution in [0, 0.1) is 27.7 Å². The van der Waals surface area contributed by atoms with Crippen LogP contribution in [0.25, 0.3) is 14.7 Å². The fourth-order valence-electron chi connectivity index (χ4n) is 8.60. The maximum atomic E-state index is 6.73. The van der Waals surface area contributed by atoms with Crippen molar-refractivity contribution in [3.05, 3.63) is 158 Å². The van der Waals surface area contributed by atoms with Crippen LogP contribution in [0.5, 0.6) is 11.5 Å². The Morgan fingerprint density at radius 3 is 1.34 bits per heavy atom. The van der Waals surface area contributed by atoms with E-state index in [2.05, 4.69) is 153 Å². The number of thioether (sulfide) groups is 2. The van der Waals surface area contributed by atoms with Gasteiger partial charge in [-0.05, 0) is 158 Å². The Kier molecular flexibility index (Phi) is 22.5. The van der Waals surface area contributed by atoms with Crippen LogP contribution < -0.4 is 9.47 Å². The highest BCUT2D eigenvalue weighted by Crippen LogP contribution is 2.49. The highest BCUT2D eigenvalue weighted by molar-refractivity contribution is 8.16. The van der Waals surface area contributed by atoms with Gasteiger partial charge in [-0.15, -0.1) is 0 Å². The number of ether oxygens (including phenoxy) is 4. The van der Waals surface area contributed by atoms with Crippen molar-refractivity contribution in [1.29, 1.82) is 0 Å². The molecule has 6 heteroatoms. The second-order valence-electron chi connectivity index (χ2n) is 19.0. The third-order valence-corrected chi connectivity index (χ3v) is 15.6. The molecule has 3 aliphatic rings. The SMILES string of the molecule is CCCCCCOc1ccc(C2=CC(=C3C=C(c4ccc(C)c(C)c4)SC(c4ccc(C)c(C)c4)=C3)C=C(C3=CC(OCCCCCC)C(OCCCCCC)C=C3)S2)cc1OCCCCCC. The van der Waals surface area contributed by atoms with Crippen LogP contribution in [0.15, 0.2) is 119 Å². The predicted molar refractivity (Wildman–Crippen MR) is 297 cm³/mol. The Balaban J connectivity index is 1.46. The van der Waals surface area contributed by atoms with Crippen molar-refractivity contribution in [1.82, 2.24) is 0 Å². The number of aryl methyl sites for hydroxylation is 4. The molecule has 4 nitrogen and oxygen atoms in total. The van der Waals surface area contributed by atoms with Gasteiger partial charge in [0, 0.05) is 32.8 Å². The van der Waals surface area contributed by atoms with E-state index in [9.17, 15) is 0 Å². The first-order valence-corrected chi connectivity index (χ1v) is 28.0. The van der Waals surface area contributed by atoms with Gasteiger partial charge in [-0.2, -0.15) is 0 Å². The Morgan fingerprint density at radius 1 is 0.412 bits per heavy atom. The van der Waals surface area contributed by atoms with Gasteiger partial charge in [0.25, 0.3) is 0 Å². The lowest BCUT2D eigenvalue weighted by Gasteiger charge is -2.28. The van der Waals surface area contributed by atoms with E-state index in [1.54, 1.807) is 0 Å². The van der Waals surface area contributed by atoms with Gasteiger partial charge in [-0.3, -0.25) is 0 Å². The van der Waals surface area contributed by atoms with Gasteiger partial charge in [0.1, 0.15) is 12.2 Å². The summed E-state index contributed by atoms with van der Waals surface area (Å²) in [7, 11) is 0. The zero-order chi connectivity index (χ0) is 48.1. The molecule has 2 unspecified atom stereocenters. The molecule has 3 aromatic carbocycles. The molecule has 6 rings (SSSR count). The maximum Gasteiger partial charge on any atom is 0.161 e. The van der Waals surface area contributed by atoms with Gasteiger partial charge in [0.05, 0.1) is 13.2 Å². The molecule has 68 heavy (non-hydrogen) atoms. The number of hydrogen-bond donors (Lipinski definition) is 0. The van der Waals surface area contributed by atoms with E-state index >= 15 is 0 Å². The molecule has 3 aromatic rings. The molecule has 0 saturated heterocycles. The lowest BCUT2D eigenvalue weighted by atomic mass is 9.97. The molecule has 0 N–H and O–H groups in total. The van der Waals surface area contributed by atoms with Crippen LogP contribution >= 0.6 is 23.5 Å². The van der Waals surface area contributed by atoms with Gasteiger partial charge in [-0.25, -0.2) is 0 Å².